The maximum atomic E-state index is 2.56. The van der Waals surface area contributed by atoms with E-state index in [2.05, 4.69) is 120 Å². The number of para-hydroxylation sites is 1. The Balaban J connectivity index is 1.52. The Bertz CT molecular complexity index is 1590. The second-order valence-electron chi connectivity index (χ2n) is 9.22. The Morgan fingerprint density at radius 1 is 0.697 bits per heavy atom. The zero-order valence-electron chi connectivity index (χ0n) is 18.5. The quantitative estimate of drug-likeness (QED) is 0.334. The van der Waals surface area contributed by atoms with Gasteiger partial charge in [-0.25, -0.2) is 0 Å². The maximum absolute atomic E-state index is 2.56. The summed E-state index contributed by atoms with van der Waals surface area (Å²) in [6.45, 7) is 0. The number of rotatable bonds is 1. The summed E-state index contributed by atoms with van der Waals surface area (Å²) in [5.74, 6) is 0.305. The Kier molecular flexibility index (Phi) is 4.17. The van der Waals surface area contributed by atoms with E-state index in [0.29, 0.717) is 5.92 Å². The smallest absolute Gasteiger partial charge is 0.0629 e. The minimum atomic E-state index is 0.229. The molecule has 1 aliphatic heterocycles. The highest BCUT2D eigenvalue weighted by molar-refractivity contribution is 5.92. The van der Waals surface area contributed by atoms with Gasteiger partial charge in [0, 0.05) is 22.9 Å². The van der Waals surface area contributed by atoms with E-state index >= 15 is 0 Å². The highest BCUT2D eigenvalue weighted by atomic mass is 15.2. The lowest BCUT2D eigenvalue weighted by molar-refractivity contribution is 0.698. The molecule has 2 unspecified atom stereocenters. The highest BCUT2D eigenvalue weighted by Crippen LogP contribution is 2.47. The second-order valence-corrected chi connectivity index (χ2v) is 9.22. The molecule has 0 amide bonds. The maximum Gasteiger partial charge on any atom is 0.0629 e. The molecule has 0 spiro atoms. The van der Waals surface area contributed by atoms with Crippen LogP contribution in [0, 0.1) is 0 Å². The van der Waals surface area contributed by atoms with Gasteiger partial charge in [0.25, 0.3) is 0 Å². The van der Waals surface area contributed by atoms with Gasteiger partial charge >= 0.3 is 0 Å². The number of hydrogen-bond donors (Lipinski definition) is 0. The number of allylic oxidation sites excluding steroid dienone is 2. The topological polar surface area (TPSA) is 3.24 Å². The fraction of sp³-hybridized carbons (Fsp3) is 0.125. The molecule has 0 radical (unpaired) electrons. The summed E-state index contributed by atoms with van der Waals surface area (Å²) in [5, 5.41) is 5.42. The molecule has 4 aromatic carbocycles. The summed E-state index contributed by atoms with van der Waals surface area (Å²) in [6, 6.07) is 29.6. The number of anilines is 2. The molecule has 158 valence electrons. The van der Waals surface area contributed by atoms with Gasteiger partial charge in [0.2, 0.25) is 0 Å². The van der Waals surface area contributed by atoms with Gasteiger partial charge in [0.1, 0.15) is 0 Å². The van der Waals surface area contributed by atoms with E-state index in [4.69, 9.17) is 0 Å². The van der Waals surface area contributed by atoms with Crippen molar-refractivity contribution < 1.29 is 0 Å². The summed E-state index contributed by atoms with van der Waals surface area (Å²) in [4.78, 5) is 2.56. The normalized spacial score (nSPS) is 20.1. The van der Waals surface area contributed by atoms with Gasteiger partial charge in [0.05, 0.1) is 6.04 Å². The number of fused-ring (bicyclic) bond motifs is 8. The van der Waals surface area contributed by atoms with E-state index in [-0.39, 0.29) is 6.04 Å². The molecular weight excluding hydrogens is 398 g/mol. The van der Waals surface area contributed by atoms with Crippen LogP contribution >= 0.6 is 0 Å². The van der Waals surface area contributed by atoms with Gasteiger partial charge in [-0.15, -0.1) is 0 Å². The van der Waals surface area contributed by atoms with Crippen LogP contribution in [0.4, 0.5) is 11.4 Å². The lowest BCUT2D eigenvalue weighted by atomic mass is 9.85. The number of benzene rings is 4. The Morgan fingerprint density at radius 2 is 1.48 bits per heavy atom. The van der Waals surface area contributed by atoms with Crippen LogP contribution < -0.4 is 15.3 Å². The predicted molar refractivity (Wildman–Crippen MR) is 140 cm³/mol. The first-order chi connectivity index (χ1) is 16.4. The van der Waals surface area contributed by atoms with Crippen molar-refractivity contribution in [3.63, 3.8) is 0 Å². The average Bonchev–Trinajstić information content (AvgIpc) is 3.01. The summed E-state index contributed by atoms with van der Waals surface area (Å²) < 4.78 is 0. The van der Waals surface area contributed by atoms with Crippen LogP contribution in [0.25, 0.3) is 34.1 Å². The molecule has 0 N–H and O–H groups in total. The highest BCUT2D eigenvalue weighted by Gasteiger charge is 2.34. The number of hydrogen-bond acceptors (Lipinski definition) is 1. The van der Waals surface area contributed by atoms with Gasteiger partial charge < -0.3 is 4.90 Å². The monoisotopic (exact) mass is 423 g/mol. The lowest BCUT2D eigenvalue weighted by Crippen LogP contribution is -2.34. The molecule has 2 atom stereocenters. The molecule has 0 aromatic heterocycles. The van der Waals surface area contributed by atoms with Crippen molar-refractivity contribution in [2.24, 2.45) is 0 Å². The summed E-state index contributed by atoms with van der Waals surface area (Å²) in [5.41, 5.74) is 6.58. The minimum absolute atomic E-state index is 0.229. The molecule has 4 aromatic rings. The Labute approximate surface area is 194 Å². The van der Waals surface area contributed by atoms with Crippen molar-refractivity contribution in [3.8, 4) is 11.1 Å². The molecule has 7 rings (SSSR count). The van der Waals surface area contributed by atoms with Gasteiger partial charge in [-0.1, -0.05) is 97.1 Å². The predicted octanol–water partition coefficient (Wildman–Crippen LogP) is 6.59. The molecule has 1 nitrogen and oxygen atoms in total. The van der Waals surface area contributed by atoms with E-state index in [1.54, 1.807) is 0 Å². The molecule has 2 aliphatic carbocycles. The zero-order chi connectivity index (χ0) is 21.8. The molecule has 0 saturated carbocycles. The Morgan fingerprint density at radius 3 is 2.45 bits per heavy atom. The van der Waals surface area contributed by atoms with Gasteiger partial charge in [0.15, 0.2) is 0 Å². The van der Waals surface area contributed by atoms with Crippen molar-refractivity contribution in [2.45, 2.75) is 24.8 Å². The van der Waals surface area contributed by atoms with Crippen LogP contribution in [0.1, 0.15) is 24.3 Å². The van der Waals surface area contributed by atoms with Crippen LogP contribution in [0.2, 0.25) is 0 Å². The molecule has 1 heterocycles. The second kappa shape index (κ2) is 7.35. The molecule has 3 aliphatic rings. The summed E-state index contributed by atoms with van der Waals surface area (Å²) in [7, 11) is 0. The molecule has 1 heteroatoms. The van der Waals surface area contributed by atoms with Crippen LogP contribution in [-0.2, 0) is 0 Å². The molecule has 0 fully saturated rings. The third-order valence-electron chi connectivity index (χ3n) is 7.42. The van der Waals surface area contributed by atoms with Crippen LogP contribution in [0.3, 0.4) is 0 Å². The first-order valence-electron chi connectivity index (χ1n) is 11.9. The lowest BCUT2D eigenvalue weighted by Gasteiger charge is -2.36. The van der Waals surface area contributed by atoms with Crippen molar-refractivity contribution in [1.29, 1.82) is 0 Å². The standard InChI is InChI=1S/C32H25N/c1-2-10-25-22(9-1)17-18-23-19-20-24(21-30(23)25)33-31-15-7-5-13-28(31)26-11-3-4-12-27(26)29-14-6-8-16-32(29)33/h3-21,28,31H,1-2H2. The fourth-order valence-electron chi connectivity index (χ4n) is 5.92. The SMILES string of the molecule is C1=CC2c3ccccc3-c3ccccc3N(c3ccc4ccc5c(c4c3)=CCCC=5)C2C=C1. The third kappa shape index (κ3) is 2.85. The van der Waals surface area contributed by atoms with Crippen molar-refractivity contribution in [3.05, 3.63) is 119 Å². The molecule has 0 saturated heterocycles. The van der Waals surface area contributed by atoms with Crippen LogP contribution in [0.5, 0.6) is 0 Å². The fourth-order valence-corrected chi connectivity index (χ4v) is 5.92. The molecule has 0 bridgehead atoms. The molecule has 33 heavy (non-hydrogen) atoms. The average molecular weight is 424 g/mol. The molecular formula is C32H25N. The minimum Gasteiger partial charge on any atom is -0.333 e. The van der Waals surface area contributed by atoms with E-state index in [1.807, 2.05) is 0 Å². The third-order valence-corrected chi connectivity index (χ3v) is 7.42. The summed E-state index contributed by atoms with van der Waals surface area (Å²) >= 11 is 0. The van der Waals surface area contributed by atoms with E-state index in [1.165, 1.54) is 49.3 Å². The van der Waals surface area contributed by atoms with Crippen molar-refractivity contribution in [1.82, 2.24) is 0 Å². The van der Waals surface area contributed by atoms with Crippen molar-refractivity contribution in [2.75, 3.05) is 4.90 Å². The zero-order valence-corrected chi connectivity index (χ0v) is 18.5. The van der Waals surface area contributed by atoms with E-state index in [0.717, 1.165) is 12.8 Å². The largest absolute Gasteiger partial charge is 0.333 e. The van der Waals surface area contributed by atoms with Crippen LogP contribution in [0.15, 0.2) is 103 Å². The van der Waals surface area contributed by atoms with Gasteiger partial charge in [-0.2, -0.15) is 0 Å². The van der Waals surface area contributed by atoms with Gasteiger partial charge in [-0.05, 0) is 63.4 Å². The first-order valence-corrected chi connectivity index (χ1v) is 11.9. The van der Waals surface area contributed by atoms with E-state index < -0.39 is 0 Å². The Hall–Kier alpha value is -3.84. The van der Waals surface area contributed by atoms with E-state index in [9.17, 15) is 0 Å². The first kappa shape index (κ1) is 18.7. The van der Waals surface area contributed by atoms with Crippen LogP contribution in [-0.4, -0.2) is 6.04 Å². The summed E-state index contributed by atoms with van der Waals surface area (Å²) in [6.07, 6.45) is 16.2. The number of nitrogens with zero attached hydrogens (tertiary/aromatic N) is 1. The van der Waals surface area contributed by atoms with Crippen molar-refractivity contribution >= 4 is 34.3 Å². The van der Waals surface area contributed by atoms with Gasteiger partial charge in [-0.3, -0.25) is 0 Å².